The van der Waals surface area contributed by atoms with E-state index in [1.165, 1.54) is 4.88 Å². The fourth-order valence-corrected chi connectivity index (χ4v) is 2.59. The summed E-state index contributed by atoms with van der Waals surface area (Å²) in [6, 6.07) is 12.6. The van der Waals surface area contributed by atoms with E-state index in [1.807, 2.05) is 32.0 Å². The summed E-state index contributed by atoms with van der Waals surface area (Å²) in [5, 5.41) is 12.8. The summed E-state index contributed by atoms with van der Waals surface area (Å²) in [4.78, 5) is 14.2. The van der Waals surface area contributed by atoms with Crippen LogP contribution in [0.15, 0.2) is 41.5 Å². The van der Waals surface area contributed by atoms with Gasteiger partial charge in [0.05, 0.1) is 22.2 Å². The fraction of sp³-hybridized carbons (Fsp3) is 0.235. The highest BCUT2D eigenvalue weighted by molar-refractivity contribution is 7.14. The number of hydrazone groups is 1. The first-order valence-electron chi connectivity index (χ1n) is 7.07. The Morgan fingerprint density at radius 2 is 2.00 bits per heavy atom. The van der Waals surface area contributed by atoms with E-state index in [0.29, 0.717) is 11.3 Å². The number of rotatable bonds is 5. The Bertz CT molecular complexity index is 757. The Hall–Kier alpha value is -2.65. The molecule has 0 radical (unpaired) electrons. The zero-order chi connectivity index (χ0) is 16.8. The number of amides is 1. The van der Waals surface area contributed by atoms with Crippen LogP contribution in [0.2, 0.25) is 0 Å². The molecule has 2 rings (SSSR count). The van der Waals surface area contributed by atoms with Gasteiger partial charge >= 0.3 is 0 Å². The number of benzene rings is 1. The number of hydrogen-bond donors (Lipinski definition) is 1. The lowest BCUT2D eigenvalue weighted by Crippen LogP contribution is -2.33. The van der Waals surface area contributed by atoms with E-state index < -0.39 is 6.10 Å². The summed E-state index contributed by atoms with van der Waals surface area (Å²) in [5.41, 5.74) is 3.81. The monoisotopic (exact) mass is 327 g/mol. The quantitative estimate of drug-likeness (QED) is 0.677. The van der Waals surface area contributed by atoms with Crippen molar-refractivity contribution < 1.29 is 9.53 Å². The summed E-state index contributed by atoms with van der Waals surface area (Å²) in [5.74, 6) is 0.197. The van der Waals surface area contributed by atoms with Gasteiger partial charge in [-0.15, -0.1) is 11.3 Å². The normalized spacial score (nSPS) is 12.3. The number of aryl methyl sites for hydroxylation is 1. The van der Waals surface area contributed by atoms with Crippen LogP contribution in [0.25, 0.3) is 0 Å². The van der Waals surface area contributed by atoms with Crippen LogP contribution in [0, 0.1) is 18.3 Å². The van der Waals surface area contributed by atoms with Crippen LogP contribution in [0.1, 0.15) is 29.2 Å². The third-order valence-electron chi connectivity index (χ3n) is 3.10. The van der Waals surface area contributed by atoms with Crippen LogP contribution in [0.3, 0.4) is 0 Å². The second kappa shape index (κ2) is 7.56. The number of hydrogen-bond acceptors (Lipinski definition) is 5. The highest BCUT2D eigenvalue weighted by Crippen LogP contribution is 2.16. The Balaban J connectivity index is 1.93. The SMILES string of the molecule is C/C(=N/NC(=O)[C@H](C)Oc1ccc(C#N)cc1)c1ccc(C)s1. The fourth-order valence-electron chi connectivity index (χ4n) is 1.78. The minimum absolute atomic E-state index is 0.331. The molecule has 1 amide bonds. The third-order valence-corrected chi connectivity index (χ3v) is 4.21. The first-order valence-corrected chi connectivity index (χ1v) is 7.89. The van der Waals surface area contributed by atoms with E-state index in [1.54, 1.807) is 42.5 Å². The zero-order valence-corrected chi connectivity index (χ0v) is 14.0. The number of thiophene rings is 1. The predicted molar refractivity (Wildman–Crippen MR) is 90.7 cm³/mol. The van der Waals surface area contributed by atoms with Crippen LogP contribution in [-0.4, -0.2) is 17.7 Å². The van der Waals surface area contributed by atoms with Crippen molar-refractivity contribution in [3.05, 3.63) is 51.7 Å². The topological polar surface area (TPSA) is 74.5 Å². The molecule has 0 aliphatic rings. The average molecular weight is 327 g/mol. The van der Waals surface area contributed by atoms with Crippen molar-refractivity contribution in [1.29, 1.82) is 5.26 Å². The zero-order valence-electron chi connectivity index (χ0n) is 13.2. The van der Waals surface area contributed by atoms with E-state index in [4.69, 9.17) is 10.00 Å². The van der Waals surface area contributed by atoms with E-state index in [9.17, 15) is 4.79 Å². The number of nitriles is 1. The molecule has 0 aliphatic heterocycles. The molecule has 118 valence electrons. The maximum Gasteiger partial charge on any atom is 0.280 e. The first kappa shape index (κ1) is 16.7. The van der Waals surface area contributed by atoms with Crippen LogP contribution in [-0.2, 0) is 4.79 Å². The molecule has 1 N–H and O–H groups in total. The summed E-state index contributed by atoms with van der Waals surface area (Å²) < 4.78 is 5.53. The number of nitrogens with zero attached hydrogens (tertiary/aromatic N) is 2. The molecule has 2 aromatic rings. The maximum absolute atomic E-state index is 12.0. The lowest BCUT2D eigenvalue weighted by molar-refractivity contribution is -0.127. The Labute approximate surface area is 139 Å². The molecular weight excluding hydrogens is 310 g/mol. The molecule has 0 saturated heterocycles. The van der Waals surface area contributed by atoms with Gasteiger partial charge in [-0.3, -0.25) is 4.79 Å². The minimum atomic E-state index is -0.690. The predicted octanol–water partition coefficient (Wildman–Crippen LogP) is 3.24. The second-order valence-electron chi connectivity index (χ2n) is 4.98. The first-order chi connectivity index (χ1) is 11.0. The van der Waals surface area contributed by atoms with Crippen molar-refractivity contribution in [2.75, 3.05) is 0 Å². The number of nitrogens with one attached hydrogen (secondary N) is 1. The van der Waals surface area contributed by atoms with Gasteiger partial charge in [0.15, 0.2) is 6.10 Å². The Kier molecular flexibility index (Phi) is 5.50. The van der Waals surface area contributed by atoms with E-state index in [-0.39, 0.29) is 5.91 Å². The third kappa shape index (κ3) is 4.66. The lowest BCUT2D eigenvalue weighted by atomic mass is 10.2. The van der Waals surface area contributed by atoms with Crippen LogP contribution < -0.4 is 10.2 Å². The molecule has 1 aromatic carbocycles. The average Bonchev–Trinajstić information content (AvgIpc) is 2.99. The molecule has 1 aromatic heterocycles. The molecule has 0 saturated carbocycles. The number of carbonyl (C=O) groups excluding carboxylic acids is 1. The number of carbonyl (C=O) groups is 1. The Morgan fingerprint density at radius 1 is 1.30 bits per heavy atom. The van der Waals surface area contributed by atoms with Gasteiger partial charge in [-0.25, -0.2) is 5.43 Å². The highest BCUT2D eigenvalue weighted by atomic mass is 32.1. The number of ether oxygens (including phenoxy) is 1. The summed E-state index contributed by atoms with van der Waals surface area (Å²) in [6.45, 7) is 5.51. The molecule has 0 unspecified atom stereocenters. The van der Waals surface area contributed by atoms with Gasteiger partial charge in [-0.2, -0.15) is 10.4 Å². The lowest BCUT2D eigenvalue weighted by Gasteiger charge is -2.13. The van der Waals surface area contributed by atoms with Crippen LogP contribution in [0.5, 0.6) is 5.75 Å². The van der Waals surface area contributed by atoms with E-state index in [0.717, 1.165) is 10.6 Å². The van der Waals surface area contributed by atoms with Crippen LogP contribution in [0.4, 0.5) is 0 Å². The largest absolute Gasteiger partial charge is 0.481 e. The molecular formula is C17H17N3O2S. The smallest absolute Gasteiger partial charge is 0.280 e. The van der Waals surface area contributed by atoms with Crippen molar-refractivity contribution in [2.45, 2.75) is 26.9 Å². The second-order valence-corrected chi connectivity index (χ2v) is 6.27. The van der Waals surface area contributed by atoms with Crippen molar-refractivity contribution in [3.63, 3.8) is 0 Å². The van der Waals surface area contributed by atoms with Crippen molar-refractivity contribution in [1.82, 2.24) is 5.43 Å². The molecule has 0 fully saturated rings. The van der Waals surface area contributed by atoms with E-state index in [2.05, 4.69) is 10.5 Å². The van der Waals surface area contributed by atoms with E-state index >= 15 is 0 Å². The highest BCUT2D eigenvalue weighted by Gasteiger charge is 2.14. The molecule has 1 heterocycles. The van der Waals surface area contributed by atoms with Gasteiger partial charge in [0, 0.05) is 4.88 Å². The van der Waals surface area contributed by atoms with Gasteiger partial charge in [0.1, 0.15) is 5.75 Å². The van der Waals surface area contributed by atoms with Gasteiger partial charge < -0.3 is 4.74 Å². The van der Waals surface area contributed by atoms with Gasteiger partial charge in [0.25, 0.3) is 5.91 Å². The minimum Gasteiger partial charge on any atom is -0.481 e. The molecule has 5 nitrogen and oxygen atoms in total. The summed E-state index contributed by atoms with van der Waals surface area (Å²) >= 11 is 1.62. The molecule has 0 aliphatic carbocycles. The van der Waals surface area contributed by atoms with Gasteiger partial charge in [-0.1, -0.05) is 0 Å². The van der Waals surface area contributed by atoms with Crippen LogP contribution >= 0.6 is 11.3 Å². The molecule has 23 heavy (non-hydrogen) atoms. The maximum atomic E-state index is 12.0. The van der Waals surface area contributed by atoms with Gasteiger partial charge in [-0.05, 0) is 57.2 Å². The Morgan fingerprint density at radius 3 is 2.57 bits per heavy atom. The van der Waals surface area contributed by atoms with Crippen molar-refractivity contribution in [3.8, 4) is 11.8 Å². The van der Waals surface area contributed by atoms with Crippen molar-refractivity contribution >= 4 is 23.0 Å². The van der Waals surface area contributed by atoms with Gasteiger partial charge in [0.2, 0.25) is 0 Å². The summed E-state index contributed by atoms with van der Waals surface area (Å²) in [6.07, 6.45) is -0.690. The molecule has 0 spiro atoms. The molecule has 1 atom stereocenters. The molecule has 0 bridgehead atoms. The van der Waals surface area contributed by atoms with Crippen molar-refractivity contribution in [2.24, 2.45) is 5.10 Å². The summed E-state index contributed by atoms with van der Waals surface area (Å²) in [7, 11) is 0. The standard InChI is InChI=1S/C17H17N3O2S/c1-11-4-9-16(23-11)12(2)19-20-17(21)13(3)22-15-7-5-14(10-18)6-8-15/h4-9,13H,1-3H3,(H,20,21)/b19-12-/t13-/m0/s1. The molecule has 6 heteroatoms.